The van der Waals surface area contributed by atoms with Crippen molar-refractivity contribution in [3.63, 3.8) is 0 Å². The maximum atomic E-state index is 12.1. The molecule has 0 radical (unpaired) electrons. The summed E-state index contributed by atoms with van der Waals surface area (Å²) in [6, 6.07) is 7.79. The first-order valence-electron chi connectivity index (χ1n) is 5.96. The zero-order valence-corrected chi connectivity index (χ0v) is 10.6. The van der Waals surface area contributed by atoms with E-state index in [2.05, 4.69) is 10.6 Å². The van der Waals surface area contributed by atoms with Gasteiger partial charge in [0.25, 0.3) is 0 Å². The van der Waals surface area contributed by atoms with E-state index in [9.17, 15) is 9.59 Å². The van der Waals surface area contributed by atoms with Gasteiger partial charge < -0.3 is 16.4 Å². The van der Waals surface area contributed by atoms with Crippen LogP contribution in [0.15, 0.2) is 30.3 Å². The largest absolute Gasteiger partial charge is 0.352 e. The molecule has 5 nitrogen and oxygen atoms in total. The fourth-order valence-corrected chi connectivity index (χ4v) is 1.60. The highest BCUT2D eigenvalue weighted by molar-refractivity contribution is 5.97. The van der Waals surface area contributed by atoms with Crippen molar-refractivity contribution in [1.29, 1.82) is 0 Å². The van der Waals surface area contributed by atoms with Crippen LogP contribution in [0.4, 0.5) is 10.5 Å². The number of para-hydroxylation sites is 1. The number of hydrogen-bond acceptors (Lipinski definition) is 2. The predicted molar refractivity (Wildman–Crippen MR) is 71.0 cm³/mol. The zero-order valence-electron chi connectivity index (χ0n) is 10.6. The van der Waals surface area contributed by atoms with Crippen molar-refractivity contribution in [1.82, 2.24) is 5.32 Å². The Morgan fingerprint density at radius 2 is 1.89 bits per heavy atom. The van der Waals surface area contributed by atoms with Crippen LogP contribution in [0.5, 0.6) is 0 Å². The van der Waals surface area contributed by atoms with E-state index in [0.29, 0.717) is 5.69 Å². The van der Waals surface area contributed by atoms with Crippen LogP contribution in [0.25, 0.3) is 0 Å². The van der Waals surface area contributed by atoms with Crippen LogP contribution in [0.3, 0.4) is 0 Å². The molecule has 0 aromatic heterocycles. The number of benzene rings is 1. The molecule has 1 rings (SSSR count). The summed E-state index contributed by atoms with van der Waals surface area (Å²) in [6.45, 7) is 3.85. The monoisotopic (exact) mass is 249 g/mol. The van der Waals surface area contributed by atoms with Gasteiger partial charge in [-0.2, -0.15) is 0 Å². The van der Waals surface area contributed by atoms with E-state index in [0.717, 1.165) is 6.42 Å². The van der Waals surface area contributed by atoms with Gasteiger partial charge in [0.05, 0.1) is 0 Å². The van der Waals surface area contributed by atoms with E-state index >= 15 is 0 Å². The van der Waals surface area contributed by atoms with Gasteiger partial charge in [0.1, 0.15) is 6.04 Å². The number of amides is 3. The first kappa shape index (κ1) is 14.0. The minimum Gasteiger partial charge on any atom is -0.352 e. The fraction of sp³-hybridized carbons (Fsp3) is 0.385. The topological polar surface area (TPSA) is 84.2 Å². The number of primary amides is 1. The fourth-order valence-electron chi connectivity index (χ4n) is 1.60. The summed E-state index contributed by atoms with van der Waals surface area (Å²) in [4.78, 5) is 23.0. The summed E-state index contributed by atoms with van der Waals surface area (Å²) in [5.41, 5.74) is 5.78. The van der Waals surface area contributed by atoms with Crippen LogP contribution in [0, 0.1) is 5.92 Å². The van der Waals surface area contributed by atoms with Crippen LogP contribution in [0.1, 0.15) is 20.3 Å². The molecule has 0 aliphatic carbocycles. The number of anilines is 1. The van der Waals surface area contributed by atoms with Crippen molar-refractivity contribution < 1.29 is 9.59 Å². The molecule has 0 bridgehead atoms. The van der Waals surface area contributed by atoms with Gasteiger partial charge in [-0.1, -0.05) is 38.5 Å². The summed E-state index contributed by atoms with van der Waals surface area (Å²) in [7, 11) is 0. The molecule has 0 aliphatic rings. The predicted octanol–water partition coefficient (Wildman–Crippen LogP) is 1.71. The molecular weight excluding hydrogens is 230 g/mol. The van der Waals surface area contributed by atoms with Crippen molar-refractivity contribution in [2.75, 3.05) is 5.32 Å². The highest BCUT2D eigenvalue weighted by atomic mass is 16.2. The average Bonchev–Trinajstić information content (AvgIpc) is 2.36. The van der Waals surface area contributed by atoms with Crippen molar-refractivity contribution >= 4 is 17.6 Å². The van der Waals surface area contributed by atoms with Crippen LogP contribution in [-0.4, -0.2) is 18.0 Å². The molecule has 3 amide bonds. The number of carbonyl (C=O) groups is 2. The Balaban J connectivity index is 2.73. The number of rotatable bonds is 5. The zero-order chi connectivity index (χ0) is 13.5. The van der Waals surface area contributed by atoms with Gasteiger partial charge in [-0.15, -0.1) is 0 Å². The molecule has 0 heterocycles. The van der Waals surface area contributed by atoms with E-state index in [1.54, 1.807) is 12.1 Å². The van der Waals surface area contributed by atoms with Gasteiger partial charge in [-0.25, -0.2) is 4.79 Å². The molecule has 1 aromatic carbocycles. The minimum absolute atomic E-state index is 0.0150. The van der Waals surface area contributed by atoms with E-state index in [-0.39, 0.29) is 11.8 Å². The summed E-state index contributed by atoms with van der Waals surface area (Å²) >= 11 is 0. The Morgan fingerprint density at radius 1 is 1.28 bits per heavy atom. The Morgan fingerprint density at radius 3 is 2.39 bits per heavy atom. The molecular formula is C13H19N3O2. The van der Waals surface area contributed by atoms with Crippen molar-refractivity contribution in [2.45, 2.75) is 26.3 Å². The lowest BCUT2D eigenvalue weighted by molar-refractivity contribution is -0.119. The van der Waals surface area contributed by atoms with Gasteiger partial charge in [0.15, 0.2) is 0 Å². The van der Waals surface area contributed by atoms with Crippen molar-refractivity contribution in [3.8, 4) is 0 Å². The minimum atomic E-state index is -0.691. The molecule has 98 valence electrons. The molecule has 5 heteroatoms. The molecule has 0 saturated heterocycles. The summed E-state index contributed by atoms with van der Waals surface area (Å²) in [6.07, 6.45) is 0.771. The molecule has 0 spiro atoms. The molecule has 0 aliphatic heterocycles. The number of carbonyl (C=O) groups excluding carboxylic acids is 2. The lowest BCUT2D eigenvalue weighted by Gasteiger charge is -2.22. The highest BCUT2D eigenvalue weighted by Gasteiger charge is 2.25. The normalized spacial score (nSPS) is 13.4. The first-order valence-corrected chi connectivity index (χ1v) is 5.96. The van der Waals surface area contributed by atoms with Crippen LogP contribution >= 0.6 is 0 Å². The van der Waals surface area contributed by atoms with Crippen molar-refractivity contribution in [3.05, 3.63) is 30.3 Å². The third-order valence-corrected chi connectivity index (χ3v) is 2.83. The molecule has 2 atom stereocenters. The van der Waals surface area contributed by atoms with Crippen LogP contribution in [-0.2, 0) is 4.79 Å². The third-order valence-electron chi connectivity index (χ3n) is 2.83. The number of nitrogens with two attached hydrogens (primary N) is 1. The Labute approximate surface area is 107 Å². The molecule has 18 heavy (non-hydrogen) atoms. The van der Waals surface area contributed by atoms with E-state index in [1.165, 1.54) is 0 Å². The van der Waals surface area contributed by atoms with E-state index < -0.39 is 12.1 Å². The Bertz CT molecular complexity index is 406. The smallest absolute Gasteiger partial charge is 0.312 e. The van der Waals surface area contributed by atoms with Gasteiger partial charge in [0, 0.05) is 5.69 Å². The summed E-state index contributed by atoms with van der Waals surface area (Å²) < 4.78 is 0. The van der Waals surface area contributed by atoms with Crippen molar-refractivity contribution in [2.24, 2.45) is 11.7 Å². The molecule has 0 saturated carbocycles. The molecule has 0 fully saturated rings. The lowest BCUT2D eigenvalue weighted by atomic mass is 9.98. The Kier molecular flexibility index (Phi) is 5.17. The first-order chi connectivity index (χ1) is 8.54. The van der Waals surface area contributed by atoms with Gasteiger partial charge >= 0.3 is 6.03 Å². The maximum Gasteiger partial charge on any atom is 0.312 e. The molecule has 1 aromatic rings. The number of urea groups is 1. The van der Waals surface area contributed by atoms with E-state index in [4.69, 9.17) is 5.73 Å². The van der Waals surface area contributed by atoms with Gasteiger partial charge in [-0.3, -0.25) is 4.79 Å². The SMILES string of the molecule is CCC(C)C(NC(N)=O)C(=O)Nc1ccccc1. The molecule has 4 N–H and O–H groups in total. The van der Waals surface area contributed by atoms with Crippen LogP contribution < -0.4 is 16.4 Å². The number of hydrogen-bond donors (Lipinski definition) is 3. The van der Waals surface area contributed by atoms with Gasteiger partial charge in [0.2, 0.25) is 5.91 Å². The molecule has 2 unspecified atom stereocenters. The summed E-state index contributed by atoms with van der Waals surface area (Å²) in [5.74, 6) is -0.240. The van der Waals surface area contributed by atoms with Crippen LogP contribution in [0.2, 0.25) is 0 Å². The highest BCUT2D eigenvalue weighted by Crippen LogP contribution is 2.11. The number of nitrogens with one attached hydrogen (secondary N) is 2. The lowest BCUT2D eigenvalue weighted by Crippen LogP contribution is -2.49. The third kappa shape index (κ3) is 4.08. The maximum absolute atomic E-state index is 12.1. The quantitative estimate of drug-likeness (QED) is 0.742. The second-order valence-electron chi connectivity index (χ2n) is 4.23. The summed E-state index contributed by atoms with van der Waals surface area (Å²) in [5, 5.41) is 5.23. The van der Waals surface area contributed by atoms with Gasteiger partial charge in [-0.05, 0) is 18.1 Å². The second-order valence-corrected chi connectivity index (χ2v) is 4.23. The van der Waals surface area contributed by atoms with E-state index in [1.807, 2.05) is 32.0 Å². The second kappa shape index (κ2) is 6.64. The standard InChI is InChI=1S/C13H19N3O2/c1-3-9(2)11(16-13(14)18)12(17)15-10-7-5-4-6-8-10/h4-9,11H,3H2,1-2H3,(H,15,17)(H3,14,16,18). The Hall–Kier alpha value is -2.04. The average molecular weight is 249 g/mol.